The Hall–Kier alpha value is -3.53. The average molecular weight is 385 g/mol. The Morgan fingerprint density at radius 2 is 1.52 bits per heavy atom. The molecule has 0 aliphatic heterocycles. The molecule has 0 spiro atoms. The van der Waals surface area contributed by atoms with Gasteiger partial charge in [0.15, 0.2) is 6.61 Å². The van der Waals surface area contributed by atoms with Crippen LogP contribution in [0.4, 0.5) is 0 Å². The topological polar surface area (TPSA) is 40.5 Å². The second kappa shape index (κ2) is 8.65. The Bertz CT molecular complexity index is 1100. The van der Waals surface area contributed by atoms with Gasteiger partial charge in [0.1, 0.15) is 18.1 Å². The van der Waals surface area contributed by atoms with Gasteiger partial charge in [-0.25, -0.2) is 0 Å². The van der Waals surface area contributed by atoms with Crippen LogP contribution in [0.3, 0.4) is 0 Å². The third-order valence-electron chi connectivity index (χ3n) is 4.82. The van der Waals surface area contributed by atoms with Gasteiger partial charge in [0.2, 0.25) is 5.78 Å². The molecule has 1 heterocycles. The fourth-order valence-corrected chi connectivity index (χ4v) is 3.29. The van der Waals surface area contributed by atoms with Crippen LogP contribution < -0.4 is 9.47 Å². The number of nitrogens with zero attached hydrogens (tertiary/aromatic N) is 1. The number of aromatic nitrogens is 1. The molecule has 3 aromatic carbocycles. The summed E-state index contributed by atoms with van der Waals surface area (Å²) in [4.78, 5) is 12.8. The molecule has 1 aromatic heterocycles. The third kappa shape index (κ3) is 4.49. The number of aryl methyl sites for hydroxylation is 1. The van der Waals surface area contributed by atoms with E-state index in [1.807, 2.05) is 85.1 Å². The molecule has 0 saturated heterocycles. The Balaban J connectivity index is 1.47. The number of Topliss-reactive ketones (excluding diaryl/α,β-unsaturated/α-hetero) is 1. The Labute approximate surface area is 170 Å². The summed E-state index contributed by atoms with van der Waals surface area (Å²) in [5.41, 5.74) is 2.89. The van der Waals surface area contributed by atoms with Gasteiger partial charge in [-0.2, -0.15) is 0 Å². The summed E-state index contributed by atoms with van der Waals surface area (Å²) in [6, 6.07) is 25.3. The van der Waals surface area contributed by atoms with Crippen LogP contribution in [-0.4, -0.2) is 23.6 Å². The van der Waals surface area contributed by atoms with E-state index in [1.54, 1.807) is 0 Å². The molecule has 0 amide bonds. The molecule has 0 aliphatic rings. The largest absolute Gasteiger partial charge is 0.492 e. The van der Waals surface area contributed by atoms with Gasteiger partial charge in [-0.3, -0.25) is 4.79 Å². The minimum atomic E-state index is -0.0387. The van der Waals surface area contributed by atoms with Crippen molar-refractivity contribution in [2.24, 2.45) is 0 Å². The number of rotatable bonds is 8. The van der Waals surface area contributed by atoms with Crippen LogP contribution in [0, 0.1) is 6.92 Å². The first-order valence-corrected chi connectivity index (χ1v) is 9.69. The number of hydrogen-bond donors (Lipinski definition) is 0. The van der Waals surface area contributed by atoms with Crippen molar-refractivity contribution in [2.75, 3.05) is 13.2 Å². The van der Waals surface area contributed by atoms with E-state index in [0.717, 1.165) is 16.7 Å². The molecular weight excluding hydrogens is 362 g/mol. The van der Waals surface area contributed by atoms with Gasteiger partial charge in [-0.15, -0.1) is 0 Å². The second-order valence-corrected chi connectivity index (χ2v) is 6.94. The zero-order chi connectivity index (χ0) is 20.1. The monoisotopic (exact) mass is 385 g/mol. The third-order valence-corrected chi connectivity index (χ3v) is 4.82. The summed E-state index contributed by atoms with van der Waals surface area (Å²) in [5.74, 6) is 1.50. The van der Waals surface area contributed by atoms with E-state index < -0.39 is 0 Å². The minimum absolute atomic E-state index is 0.0118. The SMILES string of the molecule is Cc1ccc(OCCn2cc(C(=O)COc3ccccc3)c3ccccc32)cc1. The smallest absolute Gasteiger partial charge is 0.202 e. The number of hydrogen-bond acceptors (Lipinski definition) is 3. The highest BCUT2D eigenvalue weighted by Gasteiger charge is 2.15. The summed E-state index contributed by atoms with van der Waals surface area (Å²) < 4.78 is 13.6. The van der Waals surface area contributed by atoms with E-state index in [9.17, 15) is 4.79 Å². The highest BCUT2D eigenvalue weighted by atomic mass is 16.5. The molecule has 0 saturated carbocycles. The van der Waals surface area contributed by atoms with Crippen LogP contribution in [0.5, 0.6) is 11.5 Å². The number of fused-ring (bicyclic) bond motifs is 1. The Morgan fingerprint density at radius 3 is 2.31 bits per heavy atom. The van der Waals surface area contributed by atoms with Crippen molar-refractivity contribution in [3.63, 3.8) is 0 Å². The summed E-state index contributed by atoms with van der Waals surface area (Å²) in [5, 5.41) is 0.935. The van der Waals surface area contributed by atoms with Crippen molar-refractivity contribution in [1.82, 2.24) is 4.57 Å². The standard InChI is InChI=1S/C25H23NO3/c1-19-11-13-21(14-12-19)28-16-15-26-17-23(22-9-5-6-10-24(22)26)25(27)18-29-20-7-3-2-4-8-20/h2-14,17H,15-16,18H2,1H3. The van der Waals surface area contributed by atoms with Crippen LogP contribution in [0.2, 0.25) is 0 Å². The molecule has 0 unspecified atom stereocenters. The van der Waals surface area contributed by atoms with Gasteiger partial charge in [-0.1, -0.05) is 54.1 Å². The van der Waals surface area contributed by atoms with Crippen molar-refractivity contribution in [3.8, 4) is 11.5 Å². The maximum atomic E-state index is 12.8. The van der Waals surface area contributed by atoms with Gasteiger partial charge >= 0.3 is 0 Å². The number of benzene rings is 3. The number of ether oxygens (including phenoxy) is 2. The number of carbonyl (C=O) groups excluding carboxylic acids is 1. The first-order chi connectivity index (χ1) is 14.2. The zero-order valence-corrected chi connectivity index (χ0v) is 16.4. The van der Waals surface area contributed by atoms with Crippen LogP contribution in [-0.2, 0) is 6.54 Å². The highest BCUT2D eigenvalue weighted by molar-refractivity contribution is 6.08. The van der Waals surface area contributed by atoms with E-state index in [2.05, 4.69) is 11.5 Å². The molecule has 4 nitrogen and oxygen atoms in total. The molecule has 0 fully saturated rings. The lowest BCUT2D eigenvalue weighted by Gasteiger charge is -2.08. The molecule has 4 aromatic rings. The van der Waals surface area contributed by atoms with E-state index in [1.165, 1.54) is 5.56 Å². The molecule has 29 heavy (non-hydrogen) atoms. The maximum absolute atomic E-state index is 12.8. The lowest BCUT2D eigenvalue weighted by atomic mass is 10.1. The van der Waals surface area contributed by atoms with Crippen molar-refractivity contribution in [2.45, 2.75) is 13.5 Å². The van der Waals surface area contributed by atoms with Crippen molar-refractivity contribution >= 4 is 16.7 Å². The molecular formula is C25H23NO3. The average Bonchev–Trinajstić information content (AvgIpc) is 3.13. The minimum Gasteiger partial charge on any atom is -0.492 e. The van der Waals surface area contributed by atoms with E-state index in [0.29, 0.717) is 24.5 Å². The summed E-state index contributed by atoms with van der Waals surface area (Å²) in [6.07, 6.45) is 1.90. The number of carbonyl (C=O) groups is 1. The summed E-state index contributed by atoms with van der Waals surface area (Å²) in [7, 11) is 0. The first-order valence-electron chi connectivity index (χ1n) is 9.69. The Morgan fingerprint density at radius 1 is 0.828 bits per heavy atom. The molecule has 0 atom stereocenters. The maximum Gasteiger partial charge on any atom is 0.202 e. The first kappa shape index (κ1) is 18.8. The van der Waals surface area contributed by atoms with Crippen molar-refractivity contribution < 1.29 is 14.3 Å². The molecule has 4 heteroatoms. The van der Waals surface area contributed by atoms with Gasteiger partial charge < -0.3 is 14.0 Å². The molecule has 0 aliphatic carbocycles. The molecule has 4 rings (SSSR count). The van der Waals surface area contributed by atoms with Gasteiger partial charge in [0.05, 0.1) is 6.54 Å². The Kier molecular flexibility index (Phi) is 5.61. The van der Waals surface area contributed by atoms with Crippen LogP contribution in [0.15, 0.2) is 85.1 Å². The van der Waals surface area contributed by atoms with Crippen LogP contribution >= 0.6 is 0 Å². The molecule has 146 valence electrons. The van der Waals surface area contributed by atoms with Crippen molar-refractivity contribution in [3.05, 3.63) is 96.2 Å². The lowest BCUT2D eigenvalue weighted by molar-refractivity contribution is 0.0923. The van der Waals surface area contributed by atoms with Crippen molar-refractivity contribution in [1.29, 1.82) is 0 Å². The van der Waals surface area contributed by atoms with E-state index in [4.69, 9.17) is 9.47 Å². The van der Waals surface area contributed by atoms with E-state index >= 15 is 0 Å². The van der Waals surface area contributed by atoms with Gasteiger partial charge in [0.25, 0.3) is 0 Å². The van der Waals surface area contributed by atoms with Crippen LogP contribution in [0.1, 0.15) is 15.9 Å². The quantitative estimate of drug-likeness (QED) is 0.387. The van der Waals surface area contributed by atoms with Gasteiger partial charge in [-0.05, 0) is 37.3 Å². The van der Waals surface area contributed by atoms with Gasteiger partial charge in [0, 0.05) is 22.7 Å². The van der Waals surface area contributed by atoms with Crippen LogP contribution in [0.25, 0.3) is 10.9 Å². The summed E-state index contributed by atoms with van der Waals surface area (Å²) >= 11 is 0. The van der Waals surface area contributed by atoms with E-state index in [-0.39, 0.29) is 12.4 Å². The number of ketones is 1. The lowest BCUT2D eigenvalue weighted by Crippen LogP contribution is -2.11. The summed E-state index contributed by atoms with van der Waals surface area (Å²) in [6.45, 7) is 3.24. The molecule has 0 N–H and O–H groups in total. The second-order valence-electron chi connectivity index (χ2n) is 6.94. The molecule has 0 bridgehead atoms. The predicted octanol–water partition coefficient (Wildman–Crippen LogP) is 5.29. The molecule has 0 radical (unpaired) electrons. The fraction of sp³-hybridized carbons (Fsp3) is 0.160. The predicted molar refractivity (Wildman–Crippen MR) is 115 cm³/mol. The highest BCUT2D eigenvalue weighted by Crippen LogP contribution is 2.22. The zero-order valence-electron chi connectivity index (χ0n) is 16.4. The number of para-hydroxylation sites is 2. The fourth-order valence-electron chi connectivity index (χ4n) is 3.29. The normalized spacial score (nSPS) is 10.8.